The lowest BCUT2D eigenvalue weighted by Crippen LogP contribution is -2.35. The lowest BCUT2D eigenvalue weighted by Gasteiger charge is -2.27. The van der Waals surface area contributed by atoms with Crippen LogP contribution in [0.25, 0.3) is 11.0 Å². The van der Waals surface area contributed by atoms with Crippen LogP contribution in [-0.2, 0) is 17.7 Å². The van der Waals surface area contributed by atoms with Crippen LogP contribution in [0.3, 0.4) is 0 Å². The van der Waals surface area contributed by atoms with Crippen molar-refractivity contribution in [2.75, 3.05) is 13.7 Å². The van der Waals surface area contributed by atoms with E-state index in [2.05, 4.69) is 17.1 Å². The van der Waals surface area contributed by atoms with Gasteiger partial charge in [0.05, 0.1) is 24.7 Å². The van der Waals surface area contributed by atoms with Crippen LogP contribution in [0.1, 0.15) is 55.0 Å². The molecule has 23 heavy (non-hydrogen) atoms. The van der Waals surface area contributed by atoms with Crippen LogP contribution >= 0.6 is 0 Å². The third-order valence-electron chi connectivity index (χ3n) is 5.30. The van der Waals surface area contributed by atoms with E-state index in [-0.39, 0.29) is 6.09 Å². The lowest BCUT2D eigenvalue weighted by molar-refractivity contribution is 0.119. The van der Waals surface area contributed by atoms with Crippen molar-refractivity contribution < 1.29 is 9.53 Å². The Hall–Kier alpha value is -2.04. The number of imidazole rings is 1. The van der Waals surface area contributed by atoms with Gasteiger partial charge in [0, 0.05) is 18.0 Å². The Morgan fingerprint density at radius 1 is 1.30 bits per heavy atom. The summed E-state index contributed by atoms with van der Waals surface area (Å²) in [6.45, 7) is 1.30. The maximum absolute atomic E-state index is 11.8. The molecule has 4 rings (SSSR count). The summed E-state index contributed by atoms with van der Waals surface area (Å²) in [5.41, 5.74) is 4.62. The van der Waals surface area contributed by atoms with Gasteiger partial charge in [-0.2, -0.15) is 0 Å². The Morgan fingerprint density at radius 2 is 2.13 bits per heavy atom. The van der Waals surface area contributed by atoms with Crippen molar-refractivity contribution in [2.24, 2.45) is 0 Å². The number of hydrogen-bond donors (Lipinski definition) is 1. The van der Waals surface area contributed by atoms with Crippen molar-refractivity contribution in [1.82, 2.24) is 14.9 Å². The third kappa shape index (κ3) is 2.58. The van der Waals surface area contributed by atoms with E-state index >= 15 is 0 Å². The van der Waals surface area contributed by atoms with Gasteiger partial charge in [-0.05, 0) is 30.9 Å². The molecule has 0 atom stereocenters. The maximum Gasteiger partial charge on any atom is 0.409 e. The average Bonchev–Trinajstić information content (AvgIpc) is 3.06. The zero-order valence-corrected chi connectivity index (χ0v) is 13.6. The molecule has 1 aromatic heterocycles. The normalized spacial score (nSPS) is 18.9. The second-order valence-corrected chi connectivity index (χ2v) is 6.70. The summed E-state index contributed by atoms with van der Waals surface area (Å²) in [7, 11) is 1.44. The molecule has 0 unspecified atom stereocenters. The Bertz CT molecular complexity index is 731. The summed E-state index contributed by atoms with van der Waals surface area (Å²) in [6, 6.07) is 4.32. The molecule has 0 saturated heterocycles. The van der Waals surface area contributed by atoms with Gasteiger partial charge in [0.15, 0.2) is 0 Å². The number of carbonyl (C=O) groups is 1. The number of aromatic amines is 1. The van der Waals surface area contributed by atoms with Crippen LogP contribution in [0.5, 0.6) is 0 Å². The van der Waals surface area contributed by atoms with Gasteiger partial charge in [0.25, 0.3) is 0 Å². The van der Waals surface area contributed by atoms with Crippen LogP contribution in [-0.4, -0.2) is 34.6 Å². The van der Waals surface area contributed by atoms with E-state index in [4.69, 9.17) is 9.72 Å². The highest BCUT2D eigenvalue weighted by atomic mass is 16.5. The molecule has 2 heterocycles. The van der Waals surface area contributed by atoms with Crippen LogP contribution in [0.15, 0.2) is 12.1 Å². The van der Waals surface area contributed by atoms with Crippen LogP contribution in [0, 0.1) is 0 Å². The number of carbonyl (C=O) groups excluding carboxylic acids is 1. The molecule has 1 amide bonds. The highest BCUT2D eigenvalue weighted by molar-refractivity contribution is 5.81. The van der Waals surface area contributed by atoms with E-state index in [0.29, 0.717) is 19.0 Å². The number of fused-ring (bicyclic) bond motifs is 3. The molecule has 122 valence electrons. The van der Waals surface area contributed by atoms with Crippen LogP contribution in [0.2, 0.25) is 0 Å². The number of H-pyrrole nitrogens is 1. The fraction of sp³-hybridized carbons (Fsp3) is 0.556. The summed E-state index contributed by atoms with van der Waals surface area (Å²) in [6.07, 6.45) is 7.03. The molecule has 1 aliphatic heterocycles. The van der Waals surface area contributed by atoms with Crippen LogP contribution < -0.4 is 0 Å². The second-order valence-electron chi connectivity index (χ2n) is 6.70. The van der Waals surface area contributed by atoms with Gasteiger partial charge in [-0.3, -0.25) is 0 Å². The highest BCUT2D eigenvalue weighted by Gasteiger charge is 2.25. The standard InChI is InChI=1S/C18H23N3O2/c1-23-18(22)21-10-9-12-7-8-15-16(14(12)11-21)20-17(19-15)13-5-3-2-4-6-13/h7-8,13H,2-6,9-11H2,1H3,(H,19,20). The molecule has 2 aromatic rings. The maximum atomic E-state index is 11.8. The Morgan fingerprint density at radius 3 is 2.91 bits per heavy atom. The van der Waals surface area contributed by atoms with E-state index < -0.39 is 0 Å². The number of amides is 1. The number of methoxy groups -OCH3 is 1. The molecule has 0 spiro atoms. The molecule has 1 aliphatic carbocycles. The molecule has 0 bridgehead atoms. The van der Waals surface area contributed by atoms with E-state index in [9.17, 15) is 4.79 Å². The Labute approximate surface area is 136 Å². The van der Waals surface area contributed by atoms with Gasteiger partial charge >= 0.3 is 6.09 Å². The lowest BCUT2D eigenvalue weighted by atomic mass is 9.89. The van der Waals surface area contributed by atoms with E-state index in [1.165, 1.54) is 50.3 Å². The highest BCUT2D eigenvalue weighted by Crippen LogP contribution is 2.34. The second kappa shape index (κ2) is 5.87. The predicted octanol–water partition coefficient (Wildman–Crippen LogP) is 3.74. The van der Waals surface area contributed by atoms with Crippen molar-refractivity contribution in [1.29, 1.82) is 0 Å². The molecule has 1 aromatic carbocycles. The monoisotopic (exact) mass is 313 g/mol. The van der Waals surface area contributed by atoms with Gasteiger partial charge in [0.2, 0.25) is 0 Å². The molecule has 1 N–H and O–H groups in total. The summed E-state index contributed by atoms with van der Waals surface area (Å²) >= 11 is 0. The molecular formula is C18H23N3O2. The first-order chi connectivity index (χ1) is 11.3. The molecule has 5 nitrogen and oxygen atoms in total. The number of aromatic nitrogens is 2. The zero-order chi connectivity index (χ0) is 15.8. The predicted molar refractivity (Wildman–Crippen MR) is 88.4 cm³/mol. The van der Waals surface area contributed by atoms with Gasteiger partial charge in [-0.1, -0.05) is 25.3 Å². The first kappa shape index (κ1) is 14.5. The van der Waals surface area contributed by atoms with Gasteiger partial charge in [-0.15, -0.1) is 0 Å². The summed E-state index contributed by atoms with van der Waals surface area (Å²) in [5.74, 6) is 1.69. The first-order valence-electron chi connectivity index (χ1n) is 8.59. The number of nitrogens with one attached hydrogen (secondary N) is 1. The Kier molecular flexibility index (Phi) is 3.71. The summed E-state index contributed by atoms with van der Waals surface area (Å²) in [5, 5.41) is 0. The number of ether oxygens (including phenoxy) is 1. The van der Waals surface area contributed by atoms with Gasteiger partial charge in [-0.25, -0.2) is 9.78 Å². The topological polar surface area (TPSA) is 58.2 Å². The SMILES string of the molecule is COC(=O)N1CCc2ccc3[nH]c(C4CCCCC4)nc3c2C1. The van der Waals surface area contributed by atoms with Crippen molar-refractivity contribution in [3.63, 3.8) is 0 Å². The van der Waals surface area contributed by atoms with Gasteiger partial charge < -0.3 is 14.6 Å². The number of benzene rings is 1. The molecule has 1 saturated carbocycles. The number of rotatable bonds is 1. The smallest absolute Gasteiger partial charge is 0.409 e. The fourth-order valence-corrected chi connectivity index (χ4v) is 3.98. The summed E-state index contributed by atoms with van der Waals surface area (Å²) in [4.78, 5) is 22.1. The Balaban J connectivity index is 1.70. The minimum Gasteiger partial charge on any atom is -0.453 e. The number of nitrogens with zero attached hydrogens (tertiary/aromatic N) is 2. The average molecular weight is 313 g/mol. The largest absolute Gasteiger partial charge is 0.453 e. The fourth-order valence-electron chi connectivity index (χ4n) is 3.98. The first-order valence-corrected chi connectivity index (χ1v) is 8.59. The van der Waals surface area contributed by atoms with E-state index in [0.717, 1.165) is 23.3 Å². The quantitative estimate of drug-likeness (QED) is 0.872. The third-order valence-corrected chi connectivity index (χ3v) is 5.30. The van der Waals surface area contributed by atoms with E-state index in [1.54, 1.807) is 4.90 Å². The summed E-state index contributed by atoms with van der Waals surface area (Å²) < 4.78 is 4.88. The molecule has 1 fully saturated rings. The molecule has 0 radical (unpaired) electrons. The van der Waals surface area contributed by atoms with E-state index in [1.807, 2.05) is 0 Å². The molecule has 2 aliphatic rings. The molecular weight excluding hydrogens is 290 g/mol. The van der Waals surface area contributed by atoms with Gasteiger partial charge in [0.1, 0.15) is 5.82 Å². The van der Waals surface area contributed by atoms with Crippen molar-refractivity contribution in [3.8, 4) is 0 Å². The zero-order valence-electron chi connectivity index (χ0n) is 13.6. The minimum atomic E-state index is -0.254. The van der Waals surface area contributed by atoms with Crippen molar-refractivity contribution in [2.45, 2.75) is 51.0 Å². The molecule has 5 heteroatoms. The minimum absolute atomic E-state index is 0.254. The number of hydrogen-bond acceptors (Lipinski definition) is 3. The van der Waals surface area contributed by atoms with Crippen LogP contribution in [0.4, 0.5) is 4.79 Å². The van der Waals surface area contributed by atoms with Crippen molar-refractivity contribution >= 4 is 17.1 Å². The van der Waals surface area contributed by atoms with Crippen molar-refractivity contribution in [3.05, 3.63) is 29.1 Å².